The van der Waals surface area contributed by atoms with Crippen LogP contribution in [0.4, 0.5) is 0 Å². The molecule has 12 heteroatoms. The molecule has 0 N–H and O–H groups in total. The molecule has 12 atom stereocenters. The van der Waals surface area contributed by atoms with E-state index in [0.717, 1.165) is 5.57 Å². The maximum absolute atomic E-state index is 13.6. The van der Waals surface area contributed by atoms with Gasteiger partial charge in [0.25, 0.3) is 0 Å². The van der Waals surface area contributed by atoms with E-state index >= 15 is 0 Å². The van der Waals surface area contributed by atoms with Gasteiger partial charge in [-0.15, -0.1) is 0 Å². The molecule has 6 aliphatic carbocycles. The highest BCUT2D eigenvalue weighted by Crippen LogP contribution is 2.80. The second-order valence-electron chi connectivity index (χ2n) is 16.6. The Morgan fingerprint density at radius 2 is 1.42 bits per heavy atom. The molecule has 12 unspecified atom stereocenters. The average Bonchev–Trinajstić information content (AvgIpc) is 3.53. The molecule has 2 bridgehead atoms. The number of rotatable bonds is 7. The Morgan fingerprint density at radius 3 is 1.96 bits per heavy atom. The summed E-state index contributed by atoms with van der Waals surface area (Å²) in [5.41, 5.74) is -2.56. The number of fused-ring (bicyclic) bond motifs is 2. The normalized spacial score (nSPS) is 41.9. The van der Waals surface area contributed by atoms with Crippen molar-refractivity contribution in [3.8, 4) is 0 Å². The van der Waals surface area contributed by atoms with E-state index in [4.69, 9.17) is 28.4 Å². The van der Waals surface area contributed by atoms with Gasteiger partial charge in [-0.25, -0.2) is 0 Å². The molecular weight excluding hydrogens is 648 g/mol. The van der Waals surface area contributed by atoms with Crippen molar-refractivity contribution in [1.82, 2.24) is 0 Å². The number of hydrogen-bond acceptors (Lipinski definition) is 12. The van der Waals surface area contributed by atoms with Gasteiger partial charge in [0.1, 0.15) is 30.5 Å². The van der Waals surface area contributed by atoms with Crippen LogP contribution in [0.1, 0.15) is 88.0 Å². The quantitative estimate of drug-likeness (QED) is 0.210. The first kappa shape index (κ1) is 36.1. The first-order chi connectivity index (χ1) is 23.3. The average molecular weight is 699 g/mol. The van der Waals surface area contributed by atoms with Gasteiger partial charge in [0.2, 0.25) is 0 Å². The topological polar surface area (TPSA) is 158 Å². The number of ether oxygens (including phenoxy) is 6. The highest BCUT2D eigenvalue weighted by atomic mass is 16.6. The van der Waals surface area contributed by atoms with Crippen molar-refractivity contribution in [1.29, 1.82) is 0 Å². The first-order valence-electron chi connectivity index (χ1n) is 17.7. The highest BCUT2D eigenvalue weighted by Gasteiger charge is 2.84. The van der Waals surface area contributed by atoms with Gasteiger partial charge in [0, 0.05) is 67.1 Å². The lowest BCUT2D eigenvalue weighted by Crippen LogP contribution is -2.80. The van der Waals surface area contributed by atoms with Gasteiger partial charge in [0.15, 0.2) is 0 Å². The van der Waals surface area contributed by atoms with E-state index in [-0.39, 0.29) is 30.8 Å². The summed E-state index contributed by atoms with van der Waals surface area (Å²) in [5, 5.41) is 0. The van der Waals surface area contributed by atoms with Crippen molar-refractivity contribution in [2.24, 2.45) is 51.2 Å². The Hall–Kier alpha value is -3.70. The van der Waals surface area contributed by atoms with Crippen LogP contribution in [-0.4, -0.2) is 72.9 Å². The molecule has 0 amide bonds. The molecule has 0 radical (unpaired) electrons. The van der Waals surface area contributed by atoms with E-state index in [1.807, 2.05) is 32.9 Å². The van der Waals surface area contributed by atoms with Gasteiger partial charge >= 0.3 is 35.8 Å². The van der Waals surface area contributed by atoms with Gasteiger partial charge in [-0.2, -0.15) is 0 Å². The van der Waals surface area contributed by atoms with Crippen molar-refractivity contribution in [3.05, 3.63) is 23.8 Å². The van der Waals surface area contributed by atoms with E-state index in [1.165, 1.54) is 27.7 Å². The predicted octanol–water partition coefficient (Wildman–Crippen LogP) is 4.42. The monoisotopic (exact) mass is 698 g/mol. The summed E-state index contributed by atoms with van der Waals surface area (Å²) in [4.78, 5) is 77.6. The van der Waals surface area contributed by atoms with Crippen LogP contribution in [0, 0.1) is 51.2 Å². The fourth-order valence-corrected chi connectivity index (χ4v) is 11.4. The molecule has 12 nitrogen and oxygen atoms in total. The Balaban J connectivity index is 1.63. The fraction of sp³-hybridized carbons (Fsp3) is 0.737. The third kappa shape index (κ3) is 5.29. The lowest BCUT2D eigenvalue weighted by molar-refractivity contribution is -0.337. The molecule has 1 heterocycles. The van der Waals surface area contributed by atoms with E-state index in [2.05, 4.69) is 6.08 Å². The summed E-state index contributed by atoms with van der Waals surface area (Å²) in [6.45, 7) is 14.9. The Kier molecular flexibility index (Phi) is 8.82. The zero-order chi connectivity index (χ0) is 36.7. The first-order valence-corrected chi connectivity index (χ1v) is 17.7. The van der Waals surface area contributed by atoms with E-state index < -0.39 is 99.8 Å². The summed E-state index contributed by atoms with van der Waals surface area (Å²) in [6.07, 6.45) is 2.98. The van der Waals surface area contributed by atoms with Crippen LogP contribution in [0.2, 0.25) is 0 Å². The SMILES string of the molecule is CC(=O)OC1C2C(C)(C)C(OC(C)=O)C=CC23CC2(CC4=CCC(C5COC(=O)C5)C4(C)C(OC(C)=O)C(OC(C)=O)C32)C1OC(=O)C(C)C. The molecule has 0 aromatic rings. The Morgan fingerprint density at radius 1 is 0.820 bits per heavy atom. The lowest BCUT2D eigenvalue weighted by atomic mass is 9.29. The molecule has 1 saturated heterocycles. The van der Waals surface area contributed by atoms with Crippen LogP contribution in [0.3, 0.4) is 0 Å². The predicted molar refractivity (Wildman–Crippen MR) is 174 cm³/mol. The minimum absolute atomic E-state index is 0.169. The molecular formula is C38H50O12. The zero-order valence-corrected chi connectivity index (χ0v) is 30.4. The summed E-state index contributed by atoms with van der Waals surface area (Å²) in [5.74, 6) is -4.97. The van der Waals surface area contributed by atoms with E-state index in [9.17, 15) is 28.8 Å². The molecule has 50 heavy (non-hydrogen) atoms. The summed E-state index contributed by atoms with van der Waals surface area (Å²) in [7, 11) is 0. The fourth-order valence-electron chi connectivity index (χ4n) is 11.4. The van der Waals surface area contributed by atoms with Crippen LogP contribution in [0.15, 0.2) is 23.8 Å². The van der Waals surface area contributed by atoms with Crippen molar-refractivity contribution in [2.75, 3.05) is 6.61 Å². The summed E-state index contributed by atoms with van der Waals surface area (Å²) >= 11 is 0. The molecule has 0 aromatic heterocycles. The van der Waals surface area contributed by atoms with Crippen LogP contribution >= 0.6 is 0 Å². The molecule has 5 fully saturated rings. The molecule has 7 aliphatic rings. The number of carbonyl (C=O) groups excluding carboxylic acids is 6. The second-order valence-corrected chi connectivity index (χ2v) is 16.6. The van der Waals surface area contributed by atoms with Crippen LogP contribution in [-0.2, 0) is 57.2 Å². The Labute approximate surface area is 292 Å². The minimum atomic E-state index is -1.02. The number of allylic oxidation sites excluding steroid dienone is 2. The van der Waals surface area contributed by atoms with E-state index in [1.54, 1.807) is 13.8 Å². The number of hydrogen-bond donors (Lipinski definition) is 0. The lowest BCUT2D eigenvalue weighted by Gasteiger charge is -2.76. The summed E-state index contributed by atoms with van der Waals surface area (Å²) < 4.78 is 36.6. The maximum atomic E-state index is 13.6. The molecule has 0 aromatic carbocycles. The number of carbonyl (C=O) groups is 6. The maximum Gasteiger partial charge on any atom is 0.308 e. The molecule has 4 saturated carbocycles. The van der Waals surface area contributed by atoms with Gasteiger partial charge in [-0.3, -0.25) is 28.8 Å². The smallest absolute Gasteiger partial charge is 0.308 e. The second kappa shape index (κ2) is 12.2. The zero-order valence-electron chi connectivity index (χ0n) is 30.4. The van der Waals surface area contributed by atoms with Gasteiger partial charge < -0.3 is 28.4 Å². The van der Waals surface area contributed by atoms with Gasteiger partial charge in [-0.05, 0) is 31.3 Å². The van der Waals surface area contributed by atoms with Crippen LogP contribution < -0.4 is 0 Å². The molecule has 2 spiro atoms. The van der Waals surface area contributed by atoms with Crippen molar-refractivity contribution >= 4 is 35.8 Å². The van der Waals surface area contributed by atoms with Crippen LogP contribution in [0.25, 0.3) is 0 Å². The third-order valence-corrected chi connectivity index (χ3v) is 12.9. The van der Waals surface area contributed by atoms with Crippen molar-refractivity contribution < 1.29 is 57.2 Å². The highest BCUT2D eigenvalue weighted by molar-refractivity contribution is 5.73. The van der Waals surface area contributed by atoms with Crippen molar-refractivity contribution in [2.45, 2.75) is 119 Å². The number of cyclic esters (lactones) is 1. The standard InChI is InChI=1S/C38H50O12/c1-18(2)34(44)50-33-28(47-20(4)40)30-35(7,8)26(46-19(3)39)12-13-37(30)17-38(33)15-24-10-11-25(23-14-27(43)45-16-23)36(24,9)32(49-22(6)42)29(31(37)38)48-21(5)41/h10,12-13,18,23,25-26,28-33H,11,14-17H2,1-9H3. The third-order valence-electron chi connectivity index (χ3n) is 12.9. The molecule has 1 aliphatic heterocycles. The van der Waals surface area contributed by atoms with Crippen LogP contribution in [0.5, 0.6) is 0 Å². The molecule has 7 rings (SSSR count). The largest absolute Gasteiger partial charge is 0.465 e. The summed E-state index contributed by atoms with van der Waals surface area (Å²) in [6, 6.07) is 0. The van der Waals surface area contributed by atoms with Gasteiger partial charge in [0.05, 0.1) is 18.9 Å². The Bertz CT molecular complexity index is 1560. The van der Waals surface area contributed by atoms with Gasteiger partial charge in [-0.1, -0.05) is 52.3 Å². The van der Waals surface area contributed by atoms with Crippen molar-refractivity contribution in [3.63, 3.8) is 0 Å². The van der Waals surface area contributed by atoms with E-state index in [0.29, 0.717) is 19.3 Å². The minimum Gasteiger partial charge on any atom is -0.465 e. The number of esters is 6. The molecule has 274 valence electrons.